The lowest BCUT2D eigenvalue weighted by Crippen LogP contribution is -2.37. The number of primary sulfonamides is 1. The average Bonchev–Trinajstić information content (AvgIpc) is 2.64. The number of nitrogens with zero attached hydrogens (tertiary/aromatic N) is 1. The normalized spacial score (nSPS) is 14.9. The highest BCUT2D eigenvalue weighted by Crippen LogP contribution is 2.26. The second-order valence-corrected chi connectivity index (χ2v) is 7.88. The Morgan fingerprint density at radius 1 is 1.19 bits per heavy atom. The molecule has 0 aromatic heterocycles. The zero-order valence-corrected chi connectivity index (χ0v) is 15.7. The van der Waals surface area contributed by atoms with E-state index in [1.807, 2.05) is 4.90 Å². The number of anilines is 2. The number of nitrogens with two attached hydrogens (primary N) is 1. The number of morpholine rings is 1. The molecule has 10 heteroatoms. The SMILES string of the molecule is NS(=O)(=O)c1ccc(N2CCOCC2)c(C(=O)Nc2ccc(Cl)c(F)c2)c1. The number of sulfonamides is 1. The summed E-state index contributed by atoms with van der Waals surface area (Å²) in [5.41, 5.74) is 0.840. The smallest absolute Gasteiger partial charge is 0.257 e. The molecule has 0 unspecified atom stereocenters. The third kappa shape index (κ3) is 4.56. The number of benzene rings is 2. The molecule has 2 aromatic carbocycles. The predicted octanol–water partition coefficient (Wildman–Crippen LogP) is 2.22. The molecule has 2 aromatic rings. The van der Waals surface area contributed by atoms with Crippen LogP contribution in [-0.2, 0) is 14.8 Å². The number of halogens is 2. The van der Waals surface area contributed by atoms with Gasteiger partial charge >= 0.3 is 0 Å². The van der Waals surface area contributed by atoms with Crippen molar-refractivity contribution < 1.29 is 22.3 Å². The van der Waals surface area contributed by atoms with Crippen LogP contribution >= 0.6 is 11.6 Å². The van der Waals surface area contributed by atoms with Gasteiger partial charge in [-0.15, -0.1) is 0 Å². The summed E-state index contributed by atoms with van der Waals surface area (Å²) in [7, 11) is -3.99. The van der Waals surface area contributed by atoms with Crippen molar-refractivity contribution in [3.8, 4) is 0 Å². The minimum Gasteiger partial charge on any atom is -0.378 e. The van der Waals surface area contributed by atoms with Crippen LogP contribution in [0, 0.1) is 5.82 Å². The zero-order chi connectivity index (χ0) is 19.6. The quantitative estimate of drug-likeness (QED) is 0.800. The van der Waals surface area contributed by atoms with Crippen molar-refractivity contribution >= 4 is 38.9 Å². The van der Waals surface area contributed by atoms with Crippen LogP contribution in [0.5, 0.6) is 0 Å². The number of carbonyl (C=O) groups excluding carboxylic acids is 1. The molecule has 3 N–H and O–H groups in total. The molecule has 0 radical (unpaired) electrons. The van der Waals surface area contributed by atoms with Gasteiger partial charge < -0.3 is 15.0 Å². The first-order valence-electron chi connectivity index (χ1n) is 8.01. The van der Waals surface area contributed by atoms with E-state index in [0.29, 0.717) is 32.0 Å². The second-order valence-electron chi connectivity index (χ2n) is 5.91. The van der Waals surface area contributed by atoms with Crippen LogP contribution in [0.3, 0.4) is 0 Å². The molecular weight excluding hydrogens is 397 g/mol. The molecule has 0 aliphatic carbocycles. The van der Waals surface area contributed by atoms with Crippen molar-refractivity contribution in [2.45, 2.75) is 4.90 Å². The Morgan fingerprint density at radius 3 is 2.52 bits per heavy atom. The van der Waals surface area contributed by atoms with Gasteiger partial charge in [0, 0.05) is 24.5 Å². The van der Waals surface area contributed by atoms with Gasteiger partial charge in [0.05, 0.1) is 28.7 Å². The number of amides is 1. The number of ether oxygens (including phenoxy) is 1. The van der Waals surface area contributed by atoms with Crippen LogP contribution in [0.1, 0.15) is 10.4 Å². The summed E-state index contributed by atoms with van der Waals surface area (Å²) < 4.78 is 42.3. The van der Waals surface area contributed by atoms with Gasteiger partial charge in [-0.05, 0) is 36.4 Å². The van der Waals surface area contributed by atoms with Crippen LogP contribution in [0.2, 0.25) is 5.02 Å². The van der Waals surface area contributed by atoms with E-state index >= 15 is 0 Å². The molecule has 1 heterocycles. The minimum atomic E-state index is -3.99. The molecule has 1 aliphatic rings. The molecule has 7 nitrogen and oxygen atoms in total. The maximum atomic E-state index is 13.6. The van der Waals surface area contributed by atoms with Crippen LogP contribution in [-0.4, -0.2) is 40.6 Å². The van der Waals surface area contributed by atoms with E-state index in [9.17, 15) is 17.6 Å². The summed E-state index contributed by atoms with van der Waals surface area (Å²) in [5, 5.41) is 7.67. The number of hydrogen-bond acceptors (Lipinski definition) is 5. The van der Waals surface area contributed by atoms with E-state index in [-0.39, 0.29) is 21.2 Å². The highest BCUT2D eigenvalue weighted by Gasteiger charge is 2.22. The fourth-order valence-corrected chi connectivity index (χ4v) is 3.38. The van der Waals surface area contributed by atoms with Gasteiger partial charge in [0.25, 0.3) is 5.91 Å². The lowest BCUT2D eigenvalue weighted by atomic mass is 10.1. The number of nitrogens with one attached hydrogen (secondary N) is 1. The van der Waals surface area contributed by atoms with E-state index in [0.717, 1.165) is 6.07 Å². The minimum absolute atomic E-state index is 0.0711. The summed E-state index contributed by atoms with van der Waals surface area (Å²) >= 11 is 5.65. The zero-order valence-electron chi connectivity index (χ0n) is 14.1. The van der Waals surface area contributed by atoms with Gasteiger partial charge in [-0.2, -0.15) is 0 Å². The van der Waals surface area contributed by atoms with Gasteiger partial charge in [-0.1, -0.05) is 11.6 Å². The fourth-order valence-electron chi connectivity index (χ4n) is 2.73. The third-order valence-electron chi connectivity index (χ3n) is 4.07. The van der Waals surface area contributed by atoms with Crippen LogP contribution < -0.4 is 15.4 Å². The molecule has 0 saturated carbocycles. The maximum Gasteiger partial charge on any atom is 0.257 e. The summed E-state index contributed by atoms with van der Waals surface area (Å²) in [6.45, 7) is 2.07. The Labute approximate surface area is 160 Å². The first-order valence-corrected chi connectivity index (χ1v) is 9.94. The monoisotopic (exact) mass is 413 g/mol. The molecule has 0 spiro atoms. The summed E-state index contributed by atoms with van der Waals surface area (Å²) in [4.78, 5) is 14.5. The van der Waals surface area contributed by atoms with Gasteiger partial charge in [-0.25, -0.2) is 17.9 Å². The van der Waals surface area contributed by atoms with E-state index in [2.05, 4.69) is 5.32 Å². The fraction of sp³-hybridized carbons (Fsp3) is 0.235. The van der Waals surface area contributed by atoms with E-state index < -0.39 is 21.7 Å². The van der Waals surface area contributed by atoms with Gasteiger partial charge in [-0.3, -0.25) is 4.79 Å². The largest absolute Gasteiger partial charge is 0.378 e. The first-order chi connectivity index (χ1) is 12.8. The molecule has 1 fully saturated rings. The van der Waals surface area contributed by atoms with Crippen molar-refractivity contribution in [1.82, 2.24) is 0 Å². The molecule has 1 amide bonds. The highest BCUT2D eigenvalue weighted by molar-refractivity contribution is 7.89. The molecule has 1 aliphatic heterocycles. The molecule has 144 valence electrons. The highest BCUT2D eigenvalue weighted by atomic mass is 35.5. The lowest BCUT2D eigenvalue weighted by molar-refractivity contribution is 0.102. The van der Waals surface area contributed by atoms with Crippen LogP contribution in [0.15, 0.2) is 41.3 Å². The summed E-state index contributed by atoms with van der Waals surface area (Å²) in [6.07, 6.45) is 0. The number of rotatable bonds is 4. The number of carbonyl (C=O) groups is 1. The van der Waals surface area contributed by atoms with Gasteiger partial charge in [0.2, 0.25) is 10.0 Å². The third-order valence-corrected chi connectivity index (χ3v) is 5.29. The van der Waals surface area contributed by atoms with E-state index in [1.165, 1.54) is 30.3 Å². The Hall–Kier alpha value is -2.20. The predicted molar refractivity (Wildman–Crippen MR) is 100 cm³/mol. The van der Waals surface area contributed by atoms with Crippen molar-refractivity contribution in [1.29, 1.82) is 0 Å². The molecule has 3 rings (SSSR count). The van der Waals surface area contributed by atoms with Crippen molar-refractivity contribution in [2.24, 2.45) is 5.14 Å². The molecular formula is C17H17ClFN3O4S. The topological polar surface area (TPSA) is 102 Å². The maximum absolute atomic E-state index is 13.6. The Morgan fingerprint density at radius 2 is 1.89 bits per heavy atom. The lowest BCUT2D eigenvalue weighted by Gasteiger charge is -2.30. The molecule has 0 bridgehead atoms. The van der Waals surface area contributed by atoms with Crippen LogP contribution in [0.4, 0.5) is 15.8 Å². The first kappa shape index (κ1) is 19.6. The number of hydrogen-bond donors (Lipinski definition) is 2. The summed E-state index contributed by atoms with van der Waals surface area (Å²) in [6, 6.07) is 7.93. The van der Waals surface area contributed by atoms with Crippen LogP contribution in [0.25, 0.3) is 0 Å². The Bertz CT molecular complexity index is 978. The standard InChI is InChI=1S/C17H17ClFN3O4S/c18-14-3-1-11(9-15(14)19)21-17(23)13-10-12(27(20,24)25)2-4-16(13)22-5-7-26-8-6-22/h1-4,9-10H,5-8H2,(H,21,23)(H2,20,24,25). The van der Waals surface area contributed by atoms with Gasteiger partial charge in [0.15, 0.2) is 0 Å². The van der Waals surface area contributed by atoms with E-state index in [4.69, 9.17) is 21.5 Å². The second kappa shape index (κ2) is 7.81. The Balaban J connectivity index is 1.98. The van der Waals surface area contributed by atoms with Crippen molar-refractivity contribution in [3.63, 3.8) is 0 Å². The Kier molecular flexibility index (Phi) is 5.66. The average molecular weight is 414 g/mol. The van der Waals surface area contributed by atoms with Gasteiger partial charge in [0.1, 0.15) is 5.82 Å². The van der Waals surface area contributed by atoms with Crippen molar-refractivity contribution in [2.75, 3.05) is 36.5 Å². The molecule has 27 heavy (non-hydrogen) atoms. The molecule has 1 saturated heterocycles. The summed E-state index contributed by atoms with van der Waals surface area (Å²) in [5.74, 6) is -1.27. The van der Waals surface area contributed by atoms with Crippen molar-refractivity contribution in [3.05, 3.63) is 52.8 Å². The van der Waals surface area contributed by atoms with E-state index in [1.54, 1.807) is 0 Å². The molecule has 0 atom stereocenters.